The minimum atomic E-state index is -0.294. The molecule has 0 saturated heterocycles. The molecule has 0 spiro atoms. The van der Waals surface area contributed by atoms with Gasteiger partial charge in [0, 0.05) is 27.2 Å². The Bertz CT molecular complexity index is 490. The van der Waals surface area contributed by atoms with Crippen LogP contribution in [0.25, 0.3) is 0 Å². The summed E-state index contributed by atoms with van der Waals surface area (Å²) in [5.41, 5.74) is 1.28. The van der Waals surface area contributed by atoms with Crippen molar-refractivity contribution in [2.24, 2.45) is 10.4 Å². The maximum atomic E-state index is 12.7. The number of aliphatic imine (C=N–C) groups is 1. The van der Waals surface area contributed by atoms with Crippen LogP contribution in [0.3, 0.4) is 0 Å². The van der Waals surface area contributed by atoms with Crippen molar-refractivity contribution in [3.63, 3.8) is 0 Å². The molecule has 0 aromatic heterocycles. The van der Waals surface area contributed by atoms with Crippen LogP contribution in [-0.4, -0.2) is 50.5 Å². The quantitative estimate of drug-likeness (QED) is 0.422. The van der Waals surface area contributed by atoms with Crippen molar-refractivity contribution in [1.82, 2.24) is 15.5 Å². The van der Waals surface area contributed by atoms with Crippen molar-refractivity contribution in [3.8, 4) is 0 Å². The molecule has 1 saturated carbocycles. The normalized spacial score (nSPS) is 20.1. The van der Waals surface area contributed by atoms with Crippen molar-refractivity contribution in [1.29, 1.82) is 0 Å². The van der Waals surface area contributed by atoms with E-state index in [4.69, 9.17) is 4.99 Å². The molecule has 1 amide bonds. The number of rotatable bonds is 7. The van der Waals surface area contributed by atoms with E-state index in [9.17, 15) is 4.79 Å². The van der Waals surface area contributed by atoms with E-state index < -0.39 is 0 Å². The van der Waals surface area contributed by atoms with Gasteiger partial charge in [0.2, 0.25) is 5.91 Å². The highest BCUT2D eigenvalue weighted by Gasteiger charge is 2.42. The highest BCUT2D eigenvalue weighted by Crippen LogP contribution is 2.39. The smallest absolute Gasteiger partial charge is 0.230 e. The molecule has 25 heavy (non-hydrogen) atoms. The number of carbonyl (C=O) groups excluding carboxylic acids is 1. The Morgan fingerprint density at radius 1 is 1.20 bits per heavy atom. The number of allylic oxidation sites excluding steroid dienone is 1. The Morgan fingerprint density at radius 3 is 2.56 bits per heavy atom. The summed E-state index contributed by atoms with van der Waals surface area (Å²) < 4.78 is 0. The largest absolute Gasteiger partial charge is 0.357 e. The number of carbonyl (C=O) groups is 1. The fourth-order valence-corrected chi connectivity index (χ4v) is 4.01. The van der Waals surface area contributed by atoms with Crippen molar-refractivity contribution >= 4 is 11.9 Å². The molecular formula is C20H36N4O. The predicted octanol–water partition coefficient (Wildman–Crippen LogP) is 3.08. The molecule has 0 aromatic rings. The molecule has 0 atom stereocenters. The van der Waals surface area contributed by atoms with Crippen LogP contribution in [0.2, 0.25) is 0 Å². The first-order valence-corrected chi connectivity index (χ1v) is 9.99. The van der Waals surface area contributed by atoms with Crippen LogP contribution in [0.15, 0.2) is 16.6 Å². The summed E-state index contributed by atoms with van der Waals surface area (Å²) in [4.78, 5) is 19.2. The fourth-order valence-electron chi connectivity index (χ4n) is 4.01. The van der Waals surface area contributed by atoms with Gasteiger partial charge in [-0.2, -0.15) is 0 Å². The lowest BCUT2D eigenvalue weighted by Gasteiger charge is -2.29. The maximum absolute atomic E-state index is 12.7. The fraction of sp³-hybridized carbons (Fsp3) is 0.800. The number of hydrogen-bond donors (Lipinski definition) is 2. The highest BCUT2D eigenvalue weighted by molar-refractivity contribution is 5.84. The number of guanidine groups is 1. The molecule has 0 aliphatic heterocycles. The Hall–Kier alpha value is -1.52. The van der Waals surface area contributed by atoms with Gasteiger partial charge in [0.1, 0.15) is 0 Å². The SMILES string of the molecule is CCNC(=NCC1(C(=O)N(C)C)CCCC1)NCCC1=CCCCC1. The molecule has 0 aromatic carbocycles. The Morgan fingerprint density at radius 2 is 1.96 bits per heavy atom. The maximum Gasteiger partial charge on any atom is 0.230 e. The Labute approximate surface area is 153 Å². The van der Waals surface area contributed by atoms with Crippen LogP contribution in [0.1, 0.15) is 64.7 Å². The zero-order valence-electron chi connectivity index (χ0n) is 16.4. The van der Waals surface area contributed by atoms with Crippen LogP contribution in [0, 0.1) is 5.41 Å². The molecule has 2 aliphatic carbocycles. The summed E-state index contributed by atoms with van der Waals surface area (Å²) in [7, 11) is 3.71. The number of nitrogens with one attached hydrogen (secondary N) is 2. The average Bonchev–Trinajstić information content (AvgIpc) is 3.10. The second-order valence-electron chi connectivity index (χ2n) is 7.67. The van der Waals surface area contributed by atoms with Gasteiger partial charge in [-0.05, 0) is 51.9 Å². The summed E-state index contributed by atoms with van der Waals surface area (Å²) in [6.07, 6.45) is 12.8. The van der Waals surface area contributed by atoms with Gasteiger partial charge in [-0.25, -0.2) is 0 Å². The van der Waals surface area contributed by atoms with E-state index in [2.05, 4.69) is 23.6 Å². The first-order chi connectivity index (χ1) is 12.1. The van der Waals surface area contributed by atoms with Gasteiger partial charge in [0.15, 0.2) is 5.96 Å². The Kier molecular flexibility index (Phi) is 7.79. The number of nitrogens with zero attached hydrogens (tertiary/aromatic N) is 2. The van der Waals surface area contributed by atoms with Gasteiger partial charge in [-0.15, -0.1) is 0 Å². The van der Waals surface area contributed by atoms with E-state index in [1.54, 1.807) is 10.5 Å². The second-order valence-corrected chi connectivity index (χ2v) is 7.67. The van der Waals surface area contributed by atoms with Gasteiger partial charge in [0.25, 0.3) is 0 Å². The summed E-state index contributed by atoms with van der Waals surface area (Å²) >= 11 is 0. The monoisotopic (exact) mass is 348 g/mol. The van der Waals surface area contributed by atoms with Gasteiger partial charge in [0.05, 0.1) is 12.0 Å². The summed E-state index contributed by atoms with van der Waals surface area (Å²) in [6.45, 7) is 4.41. The van der Waals surface area contributed by atoms with E-state index in [1.165, 1.54) is 25.7 Å². The summed E-state index contributed by atoms with van der Waals surface area (Å²) in [5, 5.41) is 6.77. The van der Waals surface area contributed by atoms with Crippen LogP contribution < -0.4 is 10.6 Å². The minimum Gasteiger partial charge on any atom is -0.357 e. The lowest BCUT2D eigenvalue weighted by Crippen LogP contribution is -2.43. The molecule has 0 radical (unpaired) electrons. The van der Waals surface area contributed by atoms with E-state index in [-0.39, 0.29) is 11.3 Å². The molecular weight excluding hydrogens is 312 g/mol. The van der Waals surface area contributed by atoms with E-state index in [1.807, 2.05) is 14.1 Å². The lowest BCUT2D eigenvalue weighted by atomic mass is 9.85. The molecule has 5 heteroatoms. The van der Waals surface area contributed by atoms with E-state index >= 15 is 0 Å². The van der Waals surface area contributed by atoms with Crippen molar-refractivity contribution in [2.75, 3.05) is 33.7 Å². The first kappa shape index (κ1) is 19.8. The molecule has 2 aliphatic rings. The first-order valence-electron chi connectivity index (χ1n) is 9.99. The van der Waals surface area contributed by atoms with Crippen LogP contribution in [0.5, 0.6) is 0 Å². The average molecular weight is 349 g/mol. The molecule has 2 rings (SSSR count). The third-order valence-electron chi connectivity index (χ3n) is 5.43. The third kappa shape index (κ3) is 5.75. The predicted molar refractivity (Wildman–Crippen MR) is 105 cm³/mol. The van der Waals surface area contributed by atoms with Crippen molar-refractivity contribution in [2.45, 2.75) is 64.7 Å². The molecule has 5 nitrogen and oxygen atoms in total. The van der Waals surface area contributed by atoms with Crippen LogP contribution in [-0.2, 0) is 4.79 Å². The van der Waals surface area contributed by atoms with E-state index in [0.29, 0.717) is 6.54 Å². The standard InChI is InChI=1S/C20H36N4O/c1-4-21-19(22-15-12-17-10-6-5-7-11-17)23-16-20(13-8-9-14-20)18(25)24(2)3/h10H,4-9,11-16H2,1-3H3,(H2,21,22,23). The molecule has 1 fully saturated rings. The van der Waals surface area contributed by atoms with Gasteiger partial charge >= 0.3 is 0 Å². The molecule has 0 heterocycles. The number of amides is 1. The zero-order chi connectivity index (χ0) is 18.1. The third-order valence-corrected chi connectivity index (χ3v) is 5.43. The van der Waals surface area contributed by atoms with Crippen molar-refractivity contribution < 1.29 is 4.79 Å². The van der Waals surface area contributed by atoms with E-state index in [0.717, 1.165) is 51.2 Å². The van der Waals surface area contributed by atoms with Gasteiger partial charge < -0.3 is 15.5 Å². The minimum absolute atomic E-state index is 0.233. The second kappa shape index (κ2) is 9.83. The summed E-state index contributed by atoms with van der Waals surface area (Å²) in [6, 6.07) is 0. The molecule has 0 bridgehead atoms. The topological polar surface area (TPSA) is 56.7 Å². The highest BCUT2D eigenvalue weighted by atomic mass is 16.2. The van der Waals surface area contributed by atoms with Gasteiger partial charge in [-0.3, -0.25) is 9.79 Å². The Balaban J connectivity index is 1.92. The summed E-state index contributed by atoms with van der Waals surface area (Å²) in [5.74, 6) is 1.08. The van der Waals surface area contributed by atoms with Crippen LogP contribution in [0.4, 0.5) is 0 Å². The lowest BCUT2D eigenvalue weighted by molar-refractivity contribution is -0.138. The van der Waals surface area contributed by atoms with Crippen LogP contribution >= 0.6 is 0 Å². The molecule has 2 N–H and O–H groups in total. The molecule has 142 valence electrons. The van der Waals surface area contributed by atoms with Crippen molar-refractivity contribution in [3.05, 3.63) is 11.6 Å². The number of hydrogen-bond acceptors (Lipinski definition) is 2. The zero-order valence-corrected chi connectivity index (χ0v) is 16.4. The van der Waals surface area contributed by atoms with Gasteiger partial charge in [-0.1, -0.05) is 24.5 Å². The molecule has 0 unspecified atom stereocenters.